The van der Waals surface area contributed by atoms with Gasteiger partial charge in [0.05, 0.1) is 17.2 Å². The molecule has 0 fully saturated rings. The van der Waals surface area contributed by atoms with Crippen LogP contribution >= 0.6 is 0 Å². The number of hydrogen-bond donors (Lipinski definition) is 3. The number of aromatic nitrogens is 2. The third-order valence-corrected chi connectivity index (χ3v) is 2.90. The number of nitrogens with zero attached hydrogens (tertiary/aromatic N) is 1. The molecule has 1 aromatic heterocycles. The van der Waals surface area contributed by atoms with E-state index >= 15 is 0 Å². The molecule has 0 saturated carbocycles. The minimum Gasteiger partial charge on any atom is -0.398 e. The second-order valence-electron chi connectivity index (χ2n) is 4.47. The topological polar surface area (TPSA) is 83.8 Å². The molecule has 1 amide bonds. The Morgan fingerprint density at radius 1 is 1.43 bits per heavy atom. The molecule has 0 bridgehead atoms. The molecule has 2 aromatic rings. The van der Waals surface area contributed by atoms with Gasteiger partial charge < -0.3 is 16.0 Å². The first-order valence-electron chi connectivity index (χ1n) is 6.06. The number of halogens is 3. The Hall–Kier alpha value is -2.51. The van der Waals surface area contributed by atoms with Crippen molar-refractivity contribution in [1.82, 2.24) is 15.3 Å². The minimum atomic E-state index is -4.53. The number of carbonyl (C=O) groups is 1. The van der Waals surface area contributed by atoms with Gasteiger partial charge in [-0.25, -0.2) is 4.98 Å². The maximum atomic E-state index is 12.7. The molecule has 1 aromatic carbocycles. The first kappa shape index (κ1) is 14.9. The second kappa shape index (κ2) is 5.47. The summed E-state index contributed by atoms with van der Waals surface area (Å²) in [6, 6.07) is 2.15. The van der Waals surface area contributed by atoms with Crippen LogP contribution in [0.3, 0.4) is 0 Å². The summed E-state index contributed by atoms with van der Waals surface area (Å²) in [6.45, 7) is 1.65. The van der Waals surface area contributed by atoms with E-state index in [1.54, 1.807) is 13.1 Å². The van der Waals surface area contributed by atoms with Crippen LogP contribution in [0.4, 0.5) is 18.9 Å². The third-order valence-electron chi connectivity index (χ3n) is 2.90. The molecule has 2 rings (SSSR count). The van der Waals surface area contributed by atoms with Gasteiger partial charge in [-0.05, 0) is 25.1 Å². The monoisotopic (exact) mass is 298 g/mol. The number of H-pyrrole nitrogens is 1. The Morgan fingerprint density at radius 3 is 2.71 bits per heavy atom. The van der Waals surface area contributed by atoms with E-state index in [1.807, 2.05) is 0 Å². The summed E-state index contributed by atoms with van der Waals surface area (Å²) in [6.07, 6.45) is -1.44. The standard InChI is InChI=1S/C13H13F3N4O/c1-7(11-18-4-5-19-11)20-12(21)9-6-8(13(14,15)16)2-3-10(9)17/h2-7H,17H2,1H3,(H,18,19)(H,20,21). The van der Waals surface area contributed by atoms with Gasteiger partial charge in [0.25, 0.3) is 5.91 Å². The number of imidazole rings is 1. The molecule has 0 radical (unpaired) electrons. The summed E-state index contributed by atoms with van der Waals surface area (Å²) < 4.78 is 38.0. The predicted molar refractivity (Wildman–Crippen MR) is 70.3 cm³/mol. The Balaban J connectivity index is 2.23. The number of hydrogen-bond acceptors (Lipinski definition) is 3. The summed E-state index contributed by atoms with van der Waals surface area (Å²) >= 11 is 0. The molecule has 0 aliphatic rings. The quantitative estimate of drug-likeness (QED) is 0.761. The lowest BCUT2D eigenvalue weighted by atomic mass is 10.1. The van der Waals surface area contributed by atoms with Crippen molar-refractivity contribution in [2.24, 2.45) is 0 Å². The van der Waals surface area contributed by atoms with Crippen LogP contribution in [0.15, 0.2) is 30.6 Å². The number of amides is 1. The highest BCUT2D eigenvalue weighted by Crippen LogP contribution is 2.31. The van der Waals surface area contributed by atoms with Crippen molar-refractivity contribution >= 4 is 11.6 Å². The molecule has 5 nitrogen and oxygen atoms in total. The molecule has 4 N–H and O–H groups in total. The number of benzene rings is 1. The molecule has 0 saturated heterocycles. The van der Waals surface area contributed by atoms with Gasteiger partial charge in [0.2, 0.25) is 0 Å². The number of alkyl halides is 3. The van der Waals surface area contributed by atoms with Crippen LogP contribution in [-0.4, -0.2) is 15.9 Å². The van der Waals surface area contributed by atoms with Gasteiger partial charge in [-0.1, -0.05) is 0 Å². The van der Waals surface area contributed by atoms with Gasteiger partial charge in [0, 0.05) is 18.1 Å². The van der Waals surface area contributed by atoms with Gasteiger partial charge in [-0.15, -0.1) is 0 Å². The number of nitrogens with one attached hydrogen (secondary N) is 2. The van der Waals surface area contributed by atoms with Crippen molar-refractivity contribution in [2.75, 3.05) is 5.73 Å². The molecule has 1 unspecified atom stereocenters. The lowest BCUT2D eigenvalue weighted by molar-refractivity contribution is -0.137. The van der Waals surface area contributed by atoms with Gasteiger partial charge >= 0.3 is 6.18 Å². The van der Waals surface area contributed by atoms with Gasteiger partial charge in [-0.2, -0.15) is 13.2 Å². The number of carbonyl (C=O) groups excluding carboxylic acids is 1. The molecule has 112 valence electrons. The fourth-order valence-electron chi connectivity index (χ4n) is 1.79. The Labute approximate surface area is 118 Å². The molecule has 0 aliphatic heterocycles. The zero-order valence-corrected chi connectivity index (χ0v) is 11.0. The van der Waals surface area contributed by atoms with E-state index in [9.17, 15) is 18.0 Å². The van der Waals surface area contributed by atoms with Crippen molar-refractivity contribution in [2.45, 2.75) is 19.1 Å². The molecule has 8 heteroatoms. The normalized spacial score (nSPS) is 13.0. The predicted octanol–water partition coefficient (Wildman–Crippen LogP) is 2.50. The van der Waals surface area contributed by atoms with Crippen molar-refractivity contribution < 1.29 is 18.0 Å². The van der Waals surface area contributed by atoms with Crippen LogP contribution in [0.5, 0.6) is 0 Å². The first-order chi connectivity index (χ1) is 9.79. The Bertz CT molecular complexity index is 637. The molecular formula is C13H13F3N4O. The number of anilines is 1. The lowest BCUT2D eigenvalue weighted by Crippen LogP contribution is -2.28. The number of nitrogen functional groups attached to an aromatic ring is 1. The summed E-state index contributed by atoms with van der Waals surface area (Å²) in [5, 5.41) is 2.54. The van der Waals surface area contributed by atoms with Crippen LogP contribution in [0.25, 0.3) is 0 Å². The van der Waals surface area contributed by atoms with Crippen LogP contribution in [0.2, 0.25) is 0 Å². The van der Waals surface area contributed by atoms with E-state index < -0.39 is 23.7 Å². The number of aromatic amines is 1. The fourth-order valence-corrected chi connectivity index (χ4v) is 1.79. The van der Waals surface area contributed by atoms with Crippen LogP contribution in [0.1, 0.15) is 34.7 Å². The average Bonchev–Trinajstić information content (AvgIpc) is 2.91. The lowest BCUT2D eigenvalue weighted by Gasteiger charge is -2.14. The highest BCUT2D eigenvalue weighted by molar-refractivity contribution is 5.99. The van der Waals surface area contributed by atoms with E-state index in [4.69, 9.17) is 5.73 Å². The van der Waals surface area contributed by atoms with Crippen molar-refractivity contribution in [3.8, 4) is 0 Å². The van der Waals surface area contributed by atoms with Crippen LogP contribution < -0.4 is 11.1 Å². The molecule has 0 aliphatic carbocycles. The number of rotatable bonds is 3. The van der Waals surface area contributed by atoms with E-state index in [1.165, 1.54) is 6.20 Å². The first-order valence-corrected chi connectivity index (χ1v) is 6.06. The second-order valence-corrected chi connectivity index (χ2v) is 4.47. The zero-order valence-electron chi connectivity index (χ0n) is 11.0. The third kappa shape index (κ3) is 3.33. The van der Waals surface area contributed by atoms with E-state index in [0.717, 1.165) is 18.2 Å². The molecule has 21 heavy (non-hydrogen) atoms. The van der Waals surface area contributed by atoms with Crippen LogP contribution in [-0.2, 0) is 6.18 Å². The van der Waals surface area contributed by atoms with Gasteiger partial charge in [-0.3, -0.25) is 4.79 Å². The SMILES string of the molecule is CC(NC(=O)c1cc(C(F)(F)F)ccc1N)c1ncc[nH]1. The van der Waals surface area contributed by atoms with Crippen LogP contribution in [0, 0.1) is 0 Å². The van der Waals surface area contributed by atoms with Crippen molar-refractivity contribution in [1.29, 1.82) is 0 Å². The summed E-state index contributed by atoms with van der Waals surface area (Å²) in [7, 11) is 0. The number of nitrogens with two attached hydrogens (primary N) is 1. The maximum Gasteiger partial charge on any atom is 0.416 e. The molecule has 1 heterocycles. The Morgan fingerprint density at radius 2 is 2.14 bits per heavy atom. The van der Waals surface area contributed by atoms with Crippen molar-refractivity contribution in [3.63, 3.8) is 0 Å². The summed E-state index contributed by atoms with van der Waals surface area (Å²) in [4.78, 5) is 18.8. The van der Waals surface area contributed by atoms with Gasteiger partial charge in [0.15, 0.2) is 0 Å². The molecule has 0 spiro atoms. The Kier molecular flexibility index (Phi) is 3.88. The molecular weight excluding hydrogens is 285 g/mol. The van der Waals surface area contributed by atoms with Crippen molar-refractivity contribution in [3.05, 3.63) is 47.5 Å². The highest BCUT2D eigenvalue weighted by Gasteiger charge is 2.31. The van der Waals surface area contributed by atoms with E-state index in [0.29, 0.717) is 5.82 Å². The summed E-state index contributed by atoms with van der Waals surface area (Å²) in [5.41, 5.74) is 4.41. The fraction of sp³-hybridized carbons (Fsp3) is 0.231. The van der Waals surface area contributed by atoms with E-state index in [2.05, 4.69) is 15.3 Å². The largest absolute Gasteiger partial charge is 0.416 e. The zero-order chi connectivity index (χ0) is 15.6. The average molecular weight is 298 g/mol. The molecule has 1 atom stereocenters. The minimum absolute atomic E-state index is 0.0212. The maximum absolute atomic E-state index is 12.7. The summed E-state index contributed by atoms with van der Waals surface area (Å²) in [5.74, 6) is -0.198. The highest BCUT2D eigenvalue weighted by atomic mass is 19.4. The van der Waals surface area contributed by atoms with Gasteiger partial charge in [0.1, 0.15) is 5.82 Å². The smallest absolute Gasteiger partial charge is 0.398 e. The van der Waals surface area contributed by atoms with E-state index in [-0.39, 0.29) is 11.3 Å².